The van der Waals surface area contributed by atoms with E-state index in [1.165, 1.54) is 6.33 Å². The molecule has 28 heavy (non-hydrogen) atoms. The Balaban J connectivity index is 1.44. The molecule has 0 aliphatic heterocycles. The molecule has 2 aromatic heterocycles. The average Bonchev–Trinajstić information content (AvgIpc) is 3.12. The zero-order valence-corrected chi connectivity index (χ0v) is 15.0. The summed E-state index contributed by atoms with van der Waals surface area (Å²) in [5.74, 6) is 1.17. The fraction of sp³-hybridized carbons (Fsp3) is 0.100. The lowest BCUT2D eigenvalue weighted by Crippen LogP contribution is -2.13. The van der Waals surface area contributed by atoms with Crippen molar-refractivity contribution in [2.45, 2.75) is 6.61 Å². The van der Waals surface area contributed by atoms with Gasteiger partial charge in [-0.05, 0) is 42.5 Å². The number of rotatable bonds is 5. The summed E-state index contributed by atoms with van der Waals surface area (Å²) in [4.78, 5) is 35.1. The number of ether oxygens (including phenoxy) is 1. The molecule has 0 radical (unpaired) electrons. The molecule has 2 heterocycles. The first kappa shape index (κ1) is 17.5. The number of aromatic nitrogens is 4. The molecule has 4 rings (SSSR count). The van der Waals surface area contributed by atoms with Crippen molar-refractivity contribution in [3.63, 3.8) is 0 Å². The molecule has 2 N–H and O–H groups in total. The van der Waals surface area contributed by atoms with Gasteiger partial charge in [-0.2, -0.15) is 0 Å². The Bertz CT molecular complexity index is 1190. The minimum absolute atomic E-state index is 0.254. The zero-order valence-electron chi connectivity index (χ0n) is 15.0. The fourth-order valence-electron chi connectivity index (χ4n) is 2.74. The Hall–Kier alpha value is -3.94. The lowest BCUT2D eigenvalue weighted by molar-refractivity contribution is 0.102. The van der Waals surface area contributed by atoms with Crippen molar-refractivity contribution in [3.05, 3.63) is 82.9 Å². The van der Waals surface area contributed by atoms with Crippen molar-refractivity contribution in [2.75, 3.05) is 5.32 Å². The molecule has 0 bridgehead atoms. The van der Waals surface area contributed by atoms with Crippen molar-refractivity contribution in [2.24, 2.45) is 7.05 Å². The van der Waals surface area contributed by atoms with Gasteiger partial charge in [-0.3, -0.25) is 9.59 Å². The molecular weight excluding hydrogens is 358 g/mol. The van der Waals surface area contributed by atoms with E-state index in [9.17, 15) is 9.59 Å². The summed E-state index contributed by atoms with van der Waals surface area (Å²) < 4.78 is 7.57. The molecular formula is C20H17N5O3. The highest BCUT2D eigenvalue weighted by molar-refractivity contribution is 6.05. The number of aromatic amines is 1. The van der Waals surface area contributed by atoms with Crippen LogP contribution in [0.3, 0.4) is 0 Å². The van der Waals surface area contributed by atoms with E-state index in [1.54, 1.807) is 48.7 Å². The van der Waals surface area contributed by atoms with Gasteiger partial charge in [0, 0.05) is 30.7 Å². The number of hydrogen-bond acceptors (Lipinski definition) is 5. The van der Waals surface area contributed by atoms with Crippen LogP contribution < -0.4 is 15.6 Å². The maximum Gasteiger partial charge on any atom is 0.258 e. The number of H-pyrrole nitrogens is 1. The molecule has 1 amide bonds. The number of carbonyl (C=O) groups excluding carboxylic acids is 1. The van der Waals surface area contributed by atoms with Crippen LogP contribution in [0.25, 0.3) is 10.9 Å². The van der Waals surface area contributed by atoms with E-state index in [-0.39, 0.29) is 11.5 Å². The minimum Gasteiger partial charge on any atom is -0.486 e. The predicted octanol–water partition coefficient (Wildman–Crippen LogP) is 2.49. The number of nitrogens with zero attached hydrogens (tertiary/aromatic N) is 3. The van der Waals surface area contributed by atoms with E-state index >= 15 is 0 Å². The van der Waals surface area contributed by atoms with Crippen LogP contribution in [-0.4, -0.2) is 25.4 Å². The molecule has 0 atom stereocenters. The summed E-state index contributed by atoms with van der Waals surface area (Å²) >= 11 is 0. The summed E-state index contributed by atoms with van der Waals surface area (Å²) in [5, 5.41) is 3.20. The van der Waals surface area contributed by atoms with Crippen LogP contribution in [0.15, 0.2) is 66.0 Å². The average molecular weight is 375 g/mol. The van der Waals surface area contributed by atoms with Crippen molar-refractivity contribution >= 4 is 22.5 Å². The molecule has 0 spiro atoms. The van der Waals surface area contributed by atoms with Gasteiger partial charge in [0.15, 0.2) is 0 Å². The number of aryl methyl sites for hydroxylation is 1. The predicted molar refractivity (Wildman–Crippen MR) is 104 cm³/mol. The lowest BCUT2D eigenvalue weighted by atomic mass is 10.2. The van der Waals surface area contributed by atoms with Gasteiger partial charge in [0.2, 0.25) is 0 Å². The normalized spacial score (nSPS) is 10.8. The highest BCUT2D eigenvalue weighted by Crippen LogP contribution is 2.17. The van der Waals surface area contributed by atoms with E-state index in [4.69, 9.17) is 4.74 Å². The third-order valence-electron chi connectivity index (χ3n) is 4.30. The third-order valence-corrected chi connectivity index (χ3v) is 4.30. The lowest BCUT2D eigenvalue weighted by Gasteiger charge is -2.08. The number of carbonyl (C=O) groups is 1. The van der Waals surface area contributed by atoms with Gasteiger partial charge < -0.3 is 19.6 Å². The summed E-state index contributed by atoms with van der Waals surface area (Å²) in [6.45, 7) is 0.342. The molecule has 0 aliphatic rings. The summed E-state index contributed by atoms with van der Waals surface area (Å²) in [5.41, 5.74) is 1.31. The quantitative estimate of drug-likeness (QED) is 0.558. The molecule has 8 heteroatoms. The Morgan fingerprint density at radius 1 is 1.18 bits per heavy atom. The maximum atomic E-state index is 12.5. The zero-order chi connectivity index (χ0) is 19.5. The second-order valence-electron chi connectivity index (χ2n) is 6.19. The molecule has 140 valence electrons. The van der Waals surface area contributed by atoms with Crippen molar-refractivity contribution < 1.29 is 9.53 Å². The summed E-state index contributed by atoms with van der Waals surface area (Å²) in [7, 11) is 1.90. The Kier molecular flexibility index (Phi) is 4.59. The van der Waals surface area contributed by atoms with Crippen LogP contribution in [0.5, 0.6) is 5.75 Å². The van der Waals surface area contributed by atoms with Crippen molar-refractivity contribution in [1.29, 1.82) is 0 Å². The van der Waals surface area contributed by atoms with Gasteiger partial charge in [-0.15, -0.1) is 0 Å². The number of imidazole rings is 1. The minimum atomic E-state index is -0.282. The SMILES string of the molecule is Cn1ccnc1COc1ccc(C(=O)Nc2ccc3nc[nH]c(=O)c3c2)cc1. The van der Waals surface area contributed by atoms with Gasteiger partial charge in [-0.25, -0.2) is 9.97 Å². The molecule has 0 aliphatic carbocycles. The third kappa shape index (κ3) is 3.61. The monoisotopic (exact) mass is 375 g/mol. The van der Waals surface area contributed by atoms with Crippen LogP contribution in [0, 0.1) is 0 Å². The Labute approximate surface area is 159 Å². The van der Waals surface area contributed by atoms with Gasteiger partial charge >= 0.3 is 0 Å². The standard InChI is InChI=1S/C20H17N5O3/c1-25-9-8-21-18(25)11-28-15-5-2-13(3-6-15)19(26)24-14-4-7-17-16(10-14)20(27)23-12-22-17/h2-10,12H,11H2,1H3,(H,24,26)(H,22,23,27). The number of hydrogen-bond donors (Lipinski definition) is 2. The number of benzene rings is 2. The highest BCUT2D eigenvalue weighted by Gasteiger charge is 2.09. The summed E-state index contributed by atoms with van der Waals surface area (Å²) in [6, 6.07) is 11.8. The largest absolute Gasteiger partial charge is 0.486 e. The number of nitrogens with one attached hydrogen (secondary N) is 2. The van der Waals surface area contributed by atoms with E-state index in [1.807, 2.05) is 17.8 Å². The molecule has 0 unspecified atom stereocenters. The van der Waals surface area contributed by atoms with Gasteiger partial charge in [0.1, 0.15) is 18.2 Å². The van der Waals surface area contributed by atoms with Crippen LogP contribution in [0.1, 0.15) is 16.2 Å². The van der Waals surface area contributed by atoms with Gasteiger partial charge in [0.05, 0.1) is 17.2 Å². The van der Waals surface area contributed by atoms with E-state index in [0.717, 1.165) is 5.82 Å². The van der Waals surface area contributed by atoms with E-state index < -0.39 is 0 Å². The first-order chi connectivity index (χ1) is 13.6. The molecule has 2 aromatic carbocycles. The first-order valence-electron chi connectivity index (χ1n) is 8.58. The van der Waals surface area contributed by atoms with E-state index in [2.05, 4.69) is 20.3 Å². The van der Waals surface area contributed by atoms with Gasteiger partial charge in [-0.1, -0.05) is 0 Å². The number of anilines is 1. The van der Waals surface area contributed by atoms with Crippen molar-refractivity contribution in [3.8, 4) is 5.75 Å². The molecule has 0 saturated heterocycles. The second kappa shape index (κ2) is 7.36. The number of fused-ring (bicyclic) bond motifs is 1. The van der Waals surface area contributed by atoms with Crippen molar-refractivity contribution in [1.82, 2.24) is 19.5 Å². The van der Waals surface area contributed by atoms with E-state index in [0.29, 0.717) is 34.5 Å². The summed E-state index contributed by atoms with van der Waals surface area (Å²) in [6.07, 6.45) is 4.91. The number of amides is 1. The molecule has 0 fully saturated rings. The van der Waals surface area contributed by atoms with Gasteiger partial charge in [0.25, 0.3) is 11.5 Å². The fourth-order valence-corrected chi connectivity index (χ4v) is 2.74. The highest BCUT2D eigenvalue weighted by atomic mass is 16.5. The topological polar surface area (TPSA) is 102 Å². The first-order valence-corrected chi connectivity index (χ1v) is 8.58. The van der Waals surface area contributed by atoms with Crippen LogP contribution in [0.2, 0.25) is 0 Å². The smallest absolute Gasteiger partial charge is 0.258 e. The maximum absolute atomic E-state index is 12.5. The Morgan fingerprint density at radius 2 is 2.00 bits per heavy atom. The molecule has 8 nitrogen and oxygen atoms in total. The Morgan fingerprint density at radius 3 is 2.75 bits per heavy atom. The molecule has 4 aromatic rings. The molecule has 0 saturated carbocycles. The van der Waals surface area contributed by atoms with Crippen LogP contribution in [0.4, 0.5) is 5.69 Å². The van der Waals surface area contributed by atoms with Crippen LogP contribution >= 0.6 is 0 Å². The van der Waals surface area contributed by atoms with Crippen LogP contribution in [-0.2, 0) is 13.7 Å². The second-order valence-corrected chi connectivity index (χ2v) is 6.19.